The predicted molar refractivity (Wildman–Crippen MR) is 78.9 cm³/mol. The Balaban J connectivity index is 1.67. The third kappa shape index (κ3) is 3.20. The summed E-state index contributed by atoms with van der Waals surface area (Å²) in [6.07, 6.45) is 2.25. The van der Waals surface area contributed by atoms with E-state index >= 15 is 0 Å². The molecule has 1 aromatic rings. The Morgan fingerprint density at radius 2 is 2.14 bits per heavy atom. The largest absolute Gasteiger partial charge is 0.506 e. The van der Waals surface area contributed by atoms with E-state index in [9.17, 15) is 5.11 Å². The van der Waals surface area contributed by atoms with Crippen LogP contribution in [0.2, 0.25) is 0 Å². The number of rotatable bonds is 3. The summed E-state index contributed by atoms with van der Waals surface area (Å²) in [4.78, 5) is 6.79. The predicted octanol–water partition coefficient (Wildman–Crippen LogP) is 2.07. The Hall–Kier alpha value is -1.17. The number of hydrogen-bond donors (Lipinski definition) is 1. The highest BCUT2D eigenvalue weighted by Gasteiger charge is 2.41. The molecular formula is C16H24N2O3. The molecule has 0 saturated carbocycles. The van der Waals surface area contributed by atoms with Crippen LogP contribution in [-0.2, 0) is 16.0 Å². The third-order valence-electron chi connectivity index (χ3n) is 4.57. The molecule has 0 bridgehead atoms. The number of nitrogens with zero attached hydrogens (tertiary/aromatic N) is 2. The van der Waals surface area contributed by atoms with Gasteiger partial charge in [0.15, 0.2) is 5.79 Å². The van der Waals surface area contributed by atoms with E-state index in [2.05, 4.69) is 16.8 Å². The molecule has 2 fully saturated rings. The Bertz CT molecular complexity index is 500. The van der Waals surface area contributed by atoms with Crippen LogP contribution in [0.5, 0.6) is 5.75 Å². The quantitative estimate of drug-likeness (QED) is 0.924. The van der Waals surface area contributed by atoms with Crippen LogP contribution in [0, 0.1) is 12.8 Å². The maximum atomic E-state index is 9.96. The molecule has 0 amide bonds. The van der Waals surface area contributed by atoms with E-state index in [0.717, 1.165) is 37.3 Å². The lowest BCUT2D eigenvalue weighted by molar-refractivity contribution is -0.192. The molecule has 3 rings (SSSR count). The van der Waals surface area contributed by atoms with Crippen LogP contribution in [-0.4, -0.2) is 47.1 Å². The number of pyridine rings is 1. The van der Waals surface area contributed by atoms with Gasteiger partial charge in [0, 0.05) is 24.7 Å². The molecule has 2 saturated heterocycles. The van der Waals surface area contributed by atoms with E-state index in [1.54, 1.807) is 6.07 Å². The molecule has 1 atom stereocenters. The van der Waals surface area contributed by atoms with Gasteiger partial charge in [0.2, 0.25) is 0 Å². The summed E-state index contributed by atoms with van der Waals surface area (Å²) in [5.41, 5.74) is 1.69. The maximum absolute atomic E-state index is 9.96. The molecule has 2 aliphatic rings. The first kappa shape index (κ1) is 14.8. The van der Waals surface area contributed by atoms with E-state index in [1.165, 1.54) is 0 Å². The SMILES string of the molecule is Cc1ccc(O)c(CN2CCC[C@@H](C3(C)OCCO3)C2)n1. The molecule has 0 aliphatic carbocycles. The van der Waals surface area contributed by atoms with Gasteiger partial charge in [0.25, 0.3) is 0 Å². The van der Waals surface area contributed by atoms with Crippen molar-refractivity contribution < 1.29 is 14.6 Å². The first-order chi connectivity index (χ1) is 10.1. The number of aryl methyl sites for hydroxylation is 1. The van der Waals surface area contributed by atoms with Crippen molar-refractivity contribution in [2.45, 2.75) is 39.0 Å². The summed E-state index contributed by atoms with van der Waals surface area (Å²) in [7, 11) is 0. The average molecular weight is 292 g/mol. The Morgan fingerprint density at radius 3 is 2.90 bits per heavy atom. The lowest BCUT2D eigenvalue weighted by atomic mass is 9.90. The van der Waals surface area contributed by atoms with Crippen molar-refractivity contribution in [2.75, 3.05) is 26.3 Å². The summed E-state index contributed by atoms with van der Waals surface area (Å²) in [6, 6.07) is 3.56. The van der Waals surface area contributed by atoms with Gasteiger partial charge in [0.05, 0.1) is 18.9 Å². The molecule has 116 valence electrons. The van der Waals surface area contributed by atoms with E-state index in [0.29, 0.717) is 25.7 Å². The van der Waals surface area contributed by atoms with E-state index in [4.69, 9.17) is 9.47 Å². The smallest absolute Gasteiger partial charge is 0.169 e. The fourth-order valence-corrected chi connectivity index (χ4v) is 3.32. The molecule has 3 heterocycles. The van der Waals surface area contributed by atoms with Gasteiger partial charge >= 0.3 is 0 Å². The number of piperidine rings is 1. The van der Waals surface area contributed by atoms with Gasteiger partial charge in [-0.15, -0.1) is 0 Å². The summed E-state index contributed by atoms with van der Waals surface area (Å²) in [5.74, 6) is 0.212. The third-order valence-corrected chi connectivity index (χ3v) is 4.57. The van der Waals surface area contributed by atoms with Gasteiger partial charge in [0.1, 0.15) is 5.75 Å². The molecule has 0 spiro atoms. The van der Waals surface area contributed by atoms with Crippen LogP contribution in [0.4, 0.5) is 0 Å². The van der Waals surface area contributed by atoms with Gasteiger partial charge in [-0.1, -0.05) is 0 Å². The fraction of sp³-hybridized carbons (Fsp3) is 0.688. The zero-order valence-corrected chi connectivity index (χ0v) is 12.8. The molecule has 0 radical (unpaired) electrons. The summed E-state index contributed by atoms with van der Waals surface area (Å²) >= 11 is 0. The minimum Gasteiger partial charge on any atom is -0.506 e. The highest BCUT2D eigenvalue weighted by Crippen LogP contribution is 2.34. The molecule has 2 aliphatic heterocycles. The molecule has 1 aromatic heterocycles. The van der Waals surface area contributed by atoms with Crippen LogP contribution >= 0.6 is 0 Å². The van der Waals surface area contributed by atoms with Crippen molar-refractivity contribution >= 4 is 0 Å². The highest BCUT2D eigenvalue weighted by molar-refractivity contribution is 5.27. The first-order valence-electron chi connectivity index (χ1n) is 7.72. The Kier molecular flexibility index (Phi) is 4.15. The lowest BCUT2D eigenvalue weighted by Crippen LogP contribution is -2.46. The fourth-order valence-electron chi connectivity index (χ4n) is 3.32. The second kappa shape index (κ2) is 5.91. The van der Waals surface area contributed by atoms with Crippen molar-refractivity contribution in [1.29, 1.82) is 0 Å². The molecule has 5 heteroatoms. The minimum atomic E-state index is -0.444. The van der Waals surface area contributed by atoms with E-state index in [-0.39, 0.29) is 5.75 Å². The Labute approximate surface area is 125 Å². The number of likely N-dealkylation sites (tertiary alicyclic amines) is 1. The zero-order chi connectivity index (χ0) is 14.9. The molecule has 1 N–H and O–H groups in total. The standard InChI is InChI=1S/C16H24N2O3/c1-12-5-6-15(19)14(17-12)11-18-7-3-4-13(10-18)16(2)20-8-9-21-16/h5-6,13,19H,3-4,7-11H2,1-2H3/t13-/m1/s1. The Morgan fingerprint density at radius 1 is 1.38 bits per heavy atom. The van der Waals surface area contributed by atoms with Gasteiger partial charge in [-0.05, 0) is 45.4 Å². The van der Waals surface area contributed by atoms with Crippen LogP contribution in [0.15, 0.2) is 12.1 Å². The lowest BCUT2D eigenvalue weighted by Gasteiger charge is -2.39. The normalized spacial score (nSPS) is 26.1. The molecule has 21 heavy (non-hydrogen) atoms. The number of aromatic hydroxyl groups is 1. The monoisotopic (exact) mass is 292 g/mol. The van der Waals surface area contributed by atoms with Crippen molar-refractivity contribution in [3.63, 3.8) is 0 Å². The van der Waals surface area contributed by atoms with Crippen LogP contribution < -0.4 is 0 Å². The van der Waals surface area contributed by atoms with Gasteiger partial charge in [-0.3, -0.25) is 9.88 Å². The highest BCUT2D eigenvalue weighted by atomic mass is 16.7. The summed E-state index contributed by atoms with van der Waals surface area (Å²) in [5, 5.41) is 9.96. The van der Waals surface area contributed by atoms with Crippen LogP contribution in [0.3, 0.4) is 0 Å². The van der Waals surface area contributed by atoms with Gasteiger partial charge in [-0.2, -0.15) is 0 Å². The summed E-state index contributed by atoms with van der Waals surface area (Å²) < 4.78 is 11.6. The van der Waals surface area contributed by atoms with Crippen molar-refractivity contribution in [2.24, 2.45) is 5.92 Å². The minimum absolute atomic E-state index is 0.280. The van der Waals surface area contributed by atoms with Crippen molar-refractivity contribution in [1.82, 2.24) is 9.88 Å². The summed E-state index contributed by atoms with van der Waals surface area (Å²) in [6.45, 7) is 8.01. The van der Waals surface area contributed by atoms with Crippen LogP contribution in [0.25, 0.3) is 0 Å². The molecule has 0 aromatic carbocycles. The van der Waals surface area contributed by atoms with E-state index in [1.807, 2.05) is 13.0 Å². The van der Waals surface area contributed by atoms with Crippen LogP contribution in [0.1, 0.15) is 31.2 Å². The van der Waals surface area contributed by atoms with Gasteiger partial charge in [-0.25, -0.2) is 0 Å². The van der Waals surface area contributed by atoms with Crippen molar-refractivity contribution in [3.05, 3.63) is 23.5 Å². The molecule has 0 unspecified atom stereocenters. The zero-order valence-electron chi connectivity index (χ0n) is 12.8. The first-order valence-corrected chi connectivity index (χ1v) is 7.72. The van der Waals surface area contributed by atoms with Gasteiger partial charge < -0.3 is 14.6 Å². The topological polar surface area (TPSA) is 54.8 Å². The average Bonchev–Trinajstić information content (AvgIpc) is 2.92. The number of ether oxygens (including phenoxy) is 2. The van der Waals surface area contributed by atoms with E-state index < -0.39 is 5.79 Å². The second-order valence-electron chi connectivity index (χ2n) is 6.21. The number of aromatic nitrogens is 1. The second-order valence-corrected chi connectivity index (χ2v) is 6.21. The molecular weight excluding hydrogens is 268 g/mol. The maximum Gasteiger partial charge on any atom is 0.169 e. The number of hydrogen-bond acceptors (Lipinski definition) is 5. The van der Waals surface area contributed by atoms with Crippen molar-refractivity contribution in [3.8, 4) is 5.75 Å². The molecule has 5 nitrogen and oxygen atoms in total.